The Hall–Kier alpha value is -2.07. The zero-order valence-corrected chi connectivity index (χ0v) is 11.5. The number of pyridine rings is 1. The van der Waals surface area contributed by atoms with Crippen LogP contribution in [0.1, 0.15) is 18.2 Å². The monoisotopic (exact) mass is 269 g/mol. The summed E-state index contributed by atoms with van der Waals surface area (Å²) in [7, 11) is 0. The van der Waals surface area contributed by atoms with E-state index < -0.39 is 0 Å². The van der Waals surface area contributed by atoms with Gasteiger partial charge in [-0.1, -0.05) is 48.6 Å². The molecule has 2 rings (SSSR count). The molecule has 19 heavy (non-hydrogen) atoms. The summed E-state index contributed by atoms with van der Waals surface area (Å²) in [6, 6.07) is 15.8. The molecule has 1 heterocycles. The predicted molar refractivity (Wildman–Crippen MR) is 82.3 cm³/mol. The molecule has 96 valence electrons. The van der Waals surface area contributed by atoms with Crippen LogP contribution in [0.4, 0.5) is 0 Å². The summed E-state index contributed by atoms with van der Waals surface area (Å²) in [6.07, 6.45) is 2.44. The Morgan fingerprint density at radius 3 is 2.58 bits per heavy atom. The van der Waals surface area contributed by atoms with Gasteiger partial charge in [0, 0.05) is 12.6 Å². The van der Waals surface area contributed by atoms with Crippen molar-refractivity contribution >= 4 is 22.9 Å². The molecule has 1 N–H and O–H groups in total. The molecule has 1 aromatic carbocycles. The molecule has 0 aliphatic heterocycles. The number of nitrogens with zero attached hydrogens (tertiary/aromatic N) is 2. The molecule has 3 nitrogen and oxygen atoms in total. The van der Waals surface area contributed by atoms with Gasteiger partial charge in [0.2, 0.25) is 0 Å². The van der Waals surface area contributed by atoms with Crippen molar-refractivity contribution < 1.29 is 0 Å². The van der Waals surface area contributed by atoms with Crippen molar-refractivity contribution in [3.05, 3.63) is 66.0 Å². The molecular weight excluding hydrogens is 254 g/mol. The highest BCUT2D eigenvalue weighted by Crippen LogP contribution is 2.00. The summed E-state index contributed by atoms with van der Waals surface area (Å²) in [5, 5.41) is 4.25. The summed E-state index contributed by atoms with van der Waals surface area (Å²) >= 11 is 5.27. The van der Waals surface area contributed by atoms with E-state index in [1.165, 1.54) is 5.56 Å². The first kappa shape index (κ1) is 13.4. The van der Waals surface area contributed by atoms with Crippen LogP contribution in [0, 0.1) is 0 Å². The van der Waals surface area contributed by atoms with Gasteiger partial charge in [0.05, 0.1) is 11.4 Å². The lowest BCUT2D eigenvalue weighted by atomic mass is 10.2. The molecule has 0 aliphatic carbocycles. The minimum absolute atomic E-state index is 0.690. The van der Waals surface area contributed by atoms with Crippen LogP contribution in [0.3, 0.4) is 0 Å². The quantitative estimate of drug-likeness (QED) is 0.527. The molecule has 0 bridgehead atoms. The molecule has 0 unspecified atom stereocenters. The van der Waals surface area contributed by atoms with Crippen LogP contribution in [-0.2, 0) is 6.42 Å². The molecule has 0 fully saturated rings. The zero-order chi connectivity index (χ0) is 13.5. The van der Waals surface area contributed by atoms with Crippen LogP contribution in [0.2, 0.25) is 0 Å². The SMILES string of the molecule is C/C(=N\NC(=S)Cc1ccccc1)c1ccccn1. The Bertz CT molecular complexity index is 564. The fourth-order valence-corrected chi connectivity index (χ4v) is 1.81. The fourth-order valence-electron chi connectivity index (χ4n) is 1.60. The highest BCUT2D eigenvalue weighted by Gasteiger charge is 2.00. The molecular formula is C15H15N3S. The lowest BCUT2D eigenvalue weighted by Crippen LogP contribution is -2.19. The van der Waals surface area contributed by atoms with Crippen molar-refractivity contribution in [2.24, 2.45) is 5.10 Å². The van der Waals surface area contributed by atoms with E-state index in [0.717, 1.165) is 11.4 Å². The van der Waals surface area contributed by atoms with E-state index in [0.29, 0.717) is 11.4 Å². The van der Waals surface area contributed by atoms with Gasteiger partial charge in [0.25, 0.3) is 0 Å². The molecule has 2 aromatic rings. The van der Waals surface area contributed by atoms with E-state index in [1.54, 1.807) is 6.20 Å². The summed E-state index contributed by atoms with van der Waals surface area (Å²) in [5.74, 6) is 0. The van der Waals surface area contributed by atoms with Crippen LogP contribution in [-0.4, -0.2) is 15.7 Å². The van der Waals surface area contributed by atoms with Crippen molar-refractivity contribution in [3.8, 4) is 0 Å². The minimum Gasteiger partial charge on any atom is -0.271 e. The Labute approximate surface area is 118 Å². The normalized spacial score (nSPS) is 11.1. The zero-order valence-electron chi connectivity index (χ0n) is 10.7. The largest absolute Gasteiger partial charge is 0.271 e. The molecule has 0 radical (unpaired) electrons. The Balaban J connectivity index is 1.93. The van der Waals surface area contributed by atoms with Gasteiger partial charge in [-0.15, -0.1) is 0 Å². The second-order valence-electron chi connectivity index (χ2n) is 4.11. The van der Waals surface area contributed by atoms with Crippen LogP contribution in [0.5, 0.6) is 0 Å². The number of benzene rings is 1. The van der Waals surface area contributed by atoms with Crippen molar-refractivity contribution in [3.63, 3.8) is 0 Å². The van der Waals surface area contributed by atoms with Gasteiger partial charge in [-0.2, -0.15) is 5.10 Å². The third kappa shape index (κ3) is 4.26. The number of thiocarbonyl (C=S) groups is 1. The van der Waals surface area contributed by atoms with E-state index in [-0.39, 0.29) is 0 Å². The molecule has 4 heteroatoms. The van der Waals surface area contributed by atoms with Crippen LogP contribution in [0.15, 0.2) is 59.8 Å². The number of hydrogen-bond acceptors (Lipinski definition) is 3. The summed E-state index contributed by atoms with van der Waals surface area (Å²) in [5.41, 5.74) is 5.74. The number of hydrogen-bond donors (Lipinski definition) is 1. The number of aromatic nitrogens is 1. The van der Waals surface area contributed by atoms with Crippen LogP contribution >= 0.6 is 12.2 Å². The van der Waals surface area contributed by atoms with E-state index in [1.807, 2.05) is 55.5 Å². The second-order valence-corrected chi connectivity index (χ2v) is 4.60. The van der Waals surface area contributed by atoms with E-state index in [9.17, 15) is 0 Å². The third-order valence-electron chi connectivity index (χ3n) is 2.59. The molecule has 1 aromatic heterocycles. The van der Waals surface area contributed by atoms with Gasteiger partial charge in [0.1, 0.15) is 4.99 Å². The van der Waals surface area contributed by atoms with E-state index in [4.69, 9.17) is 12.2 Å². The Kier molecular flexibility index (Phi) is 4.75. The van der Waals surface area contributed by atoms with Gasteiger partial charge in [-0.05, 0) is 24.6 Å². The average Bonchev–Trinajstić information content (AvgIpc) is 2.47. The van der Waals surface area contributed by atoms with Crippen molar-refractivity contribution in [2.45, 2.75) is 13.3 Å². The third-order valence-corrected chi connectivity index (χ3v) is 2.83. The van der Waals surface area contributed by atoms with Gasteiger partial charge in [0.15, 0.2) is 0 Å². The molecule has 0 aliphatic rings. The van der Waals surface area contributed by atoms with Gasteiger partial charge in [-0.25, -0.2) is 0 Å². The summed E-state index contributed by atoms with van der Waals surface area (Å²) in [6.45, 7) is 1.90. The Morgan fingerprint density at radius 2 is 1.89 bits per heavy atom. The summed E-state index contributed by atoms with van der Waals surface area (Å²) < 4.78 is 0. The molecule has 0 saturated carbocycles. The fraction of sp³-hybridized carbons (Fsp3) is 0.133. The van der Waals surface area contributed by atoms with Crippen molar-refractivity contribution in [1.29, 1.82) is 0 Å². The first-order valence-corrected chi connectivity index (χ1v) is 6.45. The number of hydrazone groups is 1. The lowest BCUT2D eigenvalue weighted by molar-refractivity contribution is 1.01. The Morgan fingerprint density at radius 1 is 1.16 bits per heavy atom. The maximum atomic E-state index is 5.27. The van der Waals surface area contributed by atoms with E-state index in [2.05, 4.69) is 15.5 Å². The van der Waals surface area contributed by atoms with Gasteiger partial charge >= 0.3 is 0 Å². The van der Waals surface area contributed by atoms with Gasteiger partial charge < -0.3 is 0 Å². The molecule has 0 spiro atoms. The van der Waals surface area contributed by atoms with Crippen LogP contribution < -0.4 is 5.43 Å². The van der Waals surface area contributed by atoms with Crippen LogP contribution in [0.25, 0.3) is 0 Å². The standard InChI is InChI=1S/C15H15N3S/c1-12(14-9-5-6-10-16-14)17-18-15(19)11-13-7-3-2-4-8-13/h2-10H,11H2,1H3,(H,18,19)/b17-12+. The smallest absolute Gasteiger partial charge is 0.100 e. The van der Waals surface area contributed by atoms with Gasteiger partial charge in [-0.3, -0.25) is 10.4 Å². The number of nitrogens with one attached hydrogen (secondary N) is 1. The first-order chi connectivity index (χ1) is 9.25. The van der Waals surface area contributed by atoms with Crippen molar-refractivity contribution in [2.75, 3.05) is 0 Å². The second kappa shape index (κ2) is 6.75. The number of rotatable bonds is 4. The first-order valence-electron chi connectivity index (χ1n) is 6.04. The maximum absolute atomic E-state index is 5.27. The topological polar surface area (TPSA) is 37.3 Å². The lowest BCUT2D eigenvalue weighted by Gasteiger charge is -2.04. The minimum atomic E-state index is 0.690. The molecule has 0 saturated heterocycles. The highest BCUT2D eigenvalue weighted by molar-refractivity contribution is 7.80. The average molecular weight is 269 g/mol. The predicted octanol–water partition coefficient (Wildman–Crippen LogP) is 2.97. The highest BCUT2D eigenvalue weighted by atomic mass is 32.1. The van der Waals surface area contributed by atoms with Crippen molar-refractivity contribution in [1.82, 2.24) is 10.4 Å². The van der Waals surface area contributed by atoms with E-state index >= 15 is 0 Å². The summed E-state index contributed by atoms with van der Waals surface area (Å²) in [4.78, 5) is 4.92. The molecule has 0 amide bonds. The molecule has 0 atom stereocenters. The maximum Gasteiger partial charge on any atom is 0.100 e.